The van der Waals surface area contributed by atoms with Crippen LogP contribution in [-0.4, -0.2) is 26.3 Å². The fourth-order valence-electron chi connectivity index (χ4n) is 2.95. The fraction of sp³-hybridized carbons (Fsp3) is 0.143. The number of hydrogen-bond acceptors (Lipinski definition) is 5. The molecule has 0 spiro atoms. The Hall–Kier alpha value is -2.21. The maximum absolute atomic E-state index is 13.2. The van der Waals surface area contributed by atoms with Gasteiger partial charge in [-0.2, -0.15) is 17.9 Å². The molecule has 0 bridgehead atoms. The van der Waals surface area contributed by atoms with Gasteiger partial charge in [-0.05, 0) is 36.4 Å². The van der Waals surface area contributed by atoms with E-state index >= 15 is 0 Å². The molecule has 0 saturated heterocycles. The minimum atomic E-state index is -4.88. The van der Waals surface area contributed by atoms with Crippen LogP contribution in [0.5, 0.6) is 0 Å². The van der Waals surface area contributed by atoms with Crippen LogP contribution >= 0.6 is 34.8 Å². The van der Waals surface area contributed by atoms with Crippen molar-refractivity contribution in [2.75, 3.05) is 7.11 Å². The lowest BCUT2D eigenvalue weighted by atomic mass is 10.0. The predicted octanol–water partition coefficient (Wildman–Crippen LogP) is 5.92. The average molecular weight is 554 g/mol. The van der Waals surface area contributed by atoms with Crippen LogP contribution in [0.25, 0.3) is 0 Å². The van der Waals surface area contributed by atoms with Crippen molar-refractivity contribution in [3.8, 4) is 0 Å². The molecule has 0 radical (unpaired) electrons. The van der Waals surface area contributed by atoms with Gasteiger partial charge in [-0.1, -0.05) is 46.9 Å². The molecule has 1 N–H and O–H groups in total. The Morgan fingerprint density at radius 2 is 1.74 bits per heavy atom. The molecule has 180 valence electrons. The third-order valence-electron chi connectivity index (χ3n) is 4.55. The Balaban J connectivity index is 2.05. The average Bonchev–Trinajstić information content (AvgIpc) is 2.76. The van der Waals surface area contributed by atoms with Crippen molar-refractivity contribution in [2.24, 2.45) is 0 Å². The summed E-state index contributed by atoms with van der Waals surface area (Å²) in [6.45, 7) is 0. The fourth-order valence-corrected chi connectivity index (χ4v) is 4.73. The molecule has 0 fully saturated rings. The van der Waals surface area contributed by atoms with Crippen molar-refractivity contribution in [1.82, 2.24) is 9.71 Å². The lowest BCUT2D eigenvalue weighted by molar-refractivity contribution is -0.137. The molecular formula is C21H14Cl3F3N2O4S. The Bertz CT molecular complexity index is 1350. The van der Waals surface area contributed by atoms with Gasteiger partial charge in [0.2, 0.25) is 15.8 Å². The van der Waals surface area contributed by atoms with Crippen molar-refractivity contribution in [3.63, 3.8) is 0 Å². The summed E-state index contributed by atoms with van der Waals surface area (Å²) in [6.07, 6.45) is -5.25. The zero-order valence-electron chi connectivity index (χ0n) is 17.0. The monoisotopic (exact) mass is 552 g/mol. The van der Waals surface area contributed by atoms with Gasteiger partial charge in [0, 0.05) is 24.4 Å². The van der Waals surface area contributed by atoms with Crippen molar-refractivity contribution in [3.05, 3.63) is 92.2 Å². The Labute approximate surface area is 207 Å². The molecule has 3 rings (SSSR count). The molecular weight excluding hydrogens is 540 g/mol. The number of halogens is 6. The number of hydrogen-bond donors (Lipinski definition) is 1. The molecule has 3 aromatic rings. The van der Waals surface area contributed by atoms with Crippen molar-refractivity contribution < 1.29 is 31.1 Å². The number of nitrogens with one attached hydrogen (secondary N) is 1. The van der Waals surface area contributed by atoms with Gasteiger partial charge in [-0.25, -0.2) is 8.42 Å². The molecule has 2 aromatic carbocycles. The van der Waals surface area contributed by atoms with Crippen LogP contribution < -0.4 is 4.72 Å². The molecule has 0 amide bonds. The Morgan fingerprint density at radius 1 is 1.06 bits per heavy atom. The second-order valence-electron chi connectivity index (χ2n) is 6.78. The van der Waals surface area contributed by atoms with Gasteiger partial charge in [0.1, 0.15) is 11.9 Å². The smallest absolute Gasteiger partial charge is 0.361 e. The largest absolute Gasteiger partial charge is 0.417 e. The second kappa shape index (κ2) is 10.2. The zero-order valence-corrected chi connectivity index (χ0v) is 20.1. The molecule has 0 saturated carbocycles. The van der Waals surface area contributed by atoms with Crippen molar-refractivity contribution in [2.45, 2.75) is 17.3 Å². The first-order valence-electron chi connectivity index (χ1n) is 9.21. The van der Waals surface area contributed by atoms with E-state index in [0.29, 0.717) is 6.07 Å². The molecule has 1 heterocycles. The molecule has 13 heteroatoms. The highest BCUT2D eigenvalue weighted by Crippen LogP contribution is 2.36. The van der Waals surface area contributed by atoms with E-state index in [-0.39, 0.29) is 26.9 Å². The number of sulfonamides is 1. The minimum Gasteiger partial charge on any atom is -0.361 e. The van der Waals surface area contributed by atoms with Gasteiger partial charge in [-0.15, -0.1) is 0 Å². The molecule has 6 nitrogen and oxygen atoms in total. The minimum absolute atomic E-state index is 0.0535. The second-order valence-corrected chi connectivity index (χ2v) is 9.74. The van der Waals surface area contributed by atoms with E-state index in [4.69, 9.17) is 39.5 Å². The molecule has 1 unspecified atom stereocenters. The number of aromatic nitrogens is 1. The van der Waals surface area contributed by atoms with Crippen LogP contribution in [0.15, 0.2) is 59.6 Å². The number of pyridine rings is 1. The number of alkyl halides is 3. The normalized spacial score (nSPS) is 13.0. The number of rotatable bonds is 7. The number of methoxy groups -OCH3 is 1. The molecule has 0 aliphatic heterocycles. The van der Waals surface area contributed by atoms with Gasteiger partial charge in [0.25, 0.3) is 0 Å². The van der Waals surface area contributed by atoms with Gasteiger partial charge >= 0.3 is 6.18 Å². The summed E-state index contributed by atoms with van der Waals surface area (Å²) in [5, 5.41) is -0.482. The molecule has 0 aliphatic rings. The Morgan fingerprint density at radius 3 is 2.35 bits per heavy atom. The van der Waals surface area contributed by atoms with Crippen LogP contribution in [-0.2, 0) is 20.9 Å². The number of ketones is 1. The third kappa shape index (κ3) is 5.70. The topological polar surface area (TPSA) is 85.4 Å². The summed E-state index contributed by atoms with van der Waals surface area (Å²) in [4.78, 5) is 16.4. The van der Waals surface area contributed by atoms with E-state index in [9.17, 15) is 26.4 Å². The summed E-state index contributed by atoms with van der Waals surface area (Å²) < 4.78 is 72.7. The molecule has 1 aromatic heterocycles. The van der Waals surface area contributed by atoms with E-state index < -0.39 is 43.7 Å². The lowest BCUT2D eigenvalue weighted by Crippen LogP contribution is -2.31. The van der Waals surface area contributed by atoms with Crippen LogP contribution in [0, 0.1) is 0 Å². The molecule has 34 heavy (non-hydrogen) atoms. The highest BCUT2D eigenvalue weighted by molar-refractivity contribution is 7.89. The standard InChI is InChI=1S/C21H14Cl3F3N2O4S/c1-33-20(29-34(31,32)12-6-7-17(24)15(9-12)21(25,26)27)14-8-11(22)10-28-18(14)19(30)13-4-2-3-5-16(13)23/h2-10,20,29H,1H3. The first-order valence-corrected chi connectivity index (χ1v) is 11.8. The number of carbonyl (C=O) groups is 1. The number of benzene rings is 2. The predicted molar refractivity (Wildman–Crippen MR) is 121 cm³/mol. The van der Waals surface area contributed by atoms with Gasteiger partial charge in [0.05, 0.1) is 25.5 Å². The van der Waals surface area contributed by atoms with E-state index in [2.05, 4.69) is 9.71 Å². The maximum atomic E-state index is 13.2. The summed E-state index contributed by atoms with van der Waals surface area (Å²) in [6, 6.07) is 9.48. The highest BCUT2D eigenvalue weighted by Gasteiger charge is 2.35. The van der Waals surface area contributed by atoms with Crippen LogP contribution in [0.4, 0.5) is 13.2 Å². The molecule has 0 aliphatic carbocycles. The van der Waals surface area contributed by atoms with E-state index in [1.54, 1.807) is 12.1 Å². The first kappa shape index (κ1) is 26.4. The highest BCUT2D eigenvalue weighted by atomic mass is 35.5. The summed E-state index contributed by atoms with van der Waals surface area (Å²) >= 11 is 17.7. The van der Waals surface area contributed by atoms with Crippen LogP contribution in [0.1, 0.15) is 33.4 Å². The van der Waals surface area contributed by atoms with Gasteiger partial charge in [-0.3, -0.25) is 9.78 Å². The van der Waals surface area contributed by atoms with Crippen molar-refractivity contribution >= 4 is 50.6 Å². The summed E-state index contributed by atoms with van der Waals surface area (Å²) in [5.41, 5.74) is -1.54. The summed E-state index contributed by atoms with van der Waals surface area (Å²) in [5.74, 6) is -0.649. The van der Waals surface area contributed by atoms with Gasteiger partial charge < -0.3 is 4.74 Å². The summed E-state index contributed by atoms with van der Waals surface area (Å²) in [7, 11) is -3.46. The zero-order chi connectivity index (χ0) is 25.3. The van der Waals surface area contributed by atoms with Gasteiger partial charge in [0.15, 0.2) is 0 Å². The molecule has 1 atom stereocenters. The third-order valence-corrected chi connectivity index (χ3v) is 6.82. The van der Waals surface area contributed by atoms with Crippen LogP contribution in [0.3, 0.4) is 0 Å². The first-order chi connectivity index (χ1) is 15.8. The van der Waals surface area contributed by atoms with E-state index in [1.165, 1.54) is 24.4 Å². The van der Waals surface area contributed by atoms with E-state index in [1.807, 2.05) is 0 Å². The maximum Gasteiger partial charge on any atom is 0.417 e. The van der Waals surface area contributed by atoms with Crippen molar-refractivity contribution in [1.29, 1.82) is 0 Å². The quantitative estimate of drug-likeness (QED) is 0.290. The number of ether oxygens (including phenoxy) is 1. The van der Waals surface area contributed by atoms with Crippen LogP contribution in [0.2, 0.25) is 15.1 Å². The number of carbonyl (C=O) groups excluding carboxylic acids is 1. The SMILES string of the molecule is COC(NS(=O)(=O)c1ccc(Cl)c(C(F)(F)F)c1)c1cc(Cl)cnc1C(=O)c1ccccc1Cl. The number of nitrogens with zero attached hydrogens (tertiary/aromatic N) is 1. The Kier molecular flexibility index (Phi) is 7.91. The lowest BCUT2D eigenvalue weighted by Gasteiger charge is -2.20. The van der Waals surface area contributed by atoms with E-state index in [0.717, 1.165) is 19.2 Å².